The number of hydrogen-bond acceptors (Lipinski definition) is 3. The highest BCUT2D eigenvalue weighted by molar-refractivity contribution is 7.10. The Morgan fingerprint density at radius 1 is 1.08 bits per heavy atom. The standard InChI is InChI=1S/C17H14F3NO2S/c18-17(19,20)13-4-1-3-11(7-13)10-21-15(22)8-12(9-16(21)23)14-5-2-6-24-14/h1-7,12H,8-10H2. The second-order valence-corrected chi connectivity index (χ2v) is 6.67. The number of piperidine rings is 1. The van der Waals surface area contributed by atoms with Crippen LogP contribution in [0.25, 0.3) is 0 Å². The number of carbonyl (C=O) groups excluding carboxylic acids is 2. The fourth-order valence-corrected chi connectivity index (χ4v) is 3.61. The van der Waals surface area contributed by atoms with Crippen LogP contribution in [0.2, 0.25) is 0 Å². The van der Waals surface area contributed by atoms with E-state index in [2.05, 4.69) is 0 Å². The molecule has 0 radical (unpaired) electrons. The lowest BCUT2D eigenvalue weighted by Gasteiger charge is -2.29. The van der Waals surface area contributed by atoms with Gasteiger partial charge in [-0.15, -0.1) is 11.3 Å². The lowest BCUT2D eigenvalue weighted by molar-refractivity contribution is -0.149. The summed E-state index contributed by atoms with van der Waals surface area (Å²) >= 11 is 1.50. The monoisotopic (exact) mass is 353 g/mol. The Morgan fingerprint density at radius 2 is 1.79 bits per heavy atom. The van der Waals surface area contributed by atoms with Crippen LogP contribution in [-0.2, 0) is 22.3 Å². The van der Waals surface area contributed by atoms with Gasteiger partial charge in [0.1, 0.15) is 0 Å². The normalized spacial score (nSPS) is 16.7. The number of hydrogen-bond donors (Lipinski definition) is 0. The molecule has 1 aromatic carbocycles. The molecule has 2 amide bonds. The Balaban J connectivity index is 1.74. The molecule has 3 nitrogen and oxygen atoms in total. The van der Waals surface area contributed by atoms with Crippen LogP contribution in [-0.4, -0.2) is 16.7 Å². The van der Waals surface area contributed by atoms with Gasteiger partial charge in [-0.1, -0.05) is 18.2 Å². The van der Waals surface area contributed by atoms with Gasteiger partial charge in [-0.05, 0) is 29.1 Å². The molecule has 2 aromatic rings. The maximum atomic E-state index is 12.8. The van der Waals surface area contributed by atoms with Crippen LogP contribution in [0.4, 0.5) is 13.2 Å². The third-order valence-corrected chi connectivity index (χ3v) is 5.02. The SMILES string of the molecule is O=C1CC(c2cccs2)CC(=O)N1Cc1cccc(C(F)(F)F)c1. The zero-order valence-electron chi connectivity index (χ0n) is 12.5. The van der Waals surface area contributed by atoms with Crippen LogP contribution in [0.15, 0.2) is 41.8 Å². The summed E-state index contributed by atoms with van der Waals surface area (Å²) in [6.07, 6.45) is -4.05. The van der Waals surface area contributed by atoms with Crippen molar-refractivity contribution in [3.8, 4) is 0 Å². The molecule has 126 valence electrons. The molecule has 1 saturated heterocycles. The van der Waals surface area contributed by atoms with Crippen molar-refractivity contribution < 1.29 is 22.8 Å². The van der Waals surface area contributed by atoms with E-state index in [1.165, 1.54) is 23.5 Å². The van der Waals surface area contributed by atoms with Gasteiger partial charge in [-0.2, -0.15) is 13.2 Å². The van der Waals surface area contributed by atoms with Gasteiger partial charge in [0.15, 0.2) is 0 Å². The van der Waals surface area contributed by atoms with Crippen LogP contribution in [0.1, 0.15) is 34.8 Å². The summed E-state index contributed by atoms with van der Waals surface area (Å²) in [7, 11) is 0. The van der Waals surface area contributed by atoms with Crippen molar-refractivity contribution in [3.05, 3.63) is 57.8 Å². The molecule has 1 fully saturated rings. The molecule has 0 bridgehead atoms. The Hall–Kier alpha value is -2.15. The fourth-order valence-electron chi connectivity index (χ4n) is 2.78. The molecule has 1 aliphatic rings. The molecule has 1 aromatic heterocycles. The maximum Gasteiger partial charge on any atom is 0.416 e. The number of thiophene rings is 1. The zero-order chi connectivity index (χ0) is 17.3. The van der Waals surface area contributed by atoms with E-state index in [9.17, 15) is 22.8 Å². The van der Waals surface area contributed by atoms with Gasteiger partial charge >= 0.3 is 6.18 Å². The Labute approximate surface area is 140 Å². The predicted octanol–water partition coefficient (Wildman–Crippen LogP) is 4.20. The van der Waals surface area contributed by atoms with Crippen molar-refractivity contribution in [2.24, 2.45) is 0 Å². The molecule has 7 heteroatoms. The quantitative estimate of drug-likeness (QED) is 0.776. The molecule has 1 aliphatic heterocycles. The maximum absolute atomic E-state index is 12.8. The molecule has 0 N–H and O–H groups in total. The zero-order valence-corrected chi connectivity index (χ0v) is 13.4. The number of imide groups is 1. The first kappa shape index (κ1) is 16.7. The smallest absolute Gasteiger partial charge is 0.278 e. The summed E-state index contributed by atoms with van der Waals surface area (Å²) in [5.74, 6) is -0.827. The van der Waals surface area contributed by atoms with Crippen molar-refractivity contribution in [2.45, 2.75) is 31.5 Å². The van der Waals surface area contributed by atoms with Crippen molar-refractivity contribution in [1.82, 2.24) is 4.90 Å². The second kappa shape index (κ2) is 6.39. The van der Waals surface area contributed by atoms with Crippen LogP contribution < -0.4 is 0 Å². The largest absolute Gasteiger partial charge is 0.416 e. The van der Waals surface area contributed by atoms with E-state index in [0.29, 0.717) is 5.56 Å². The van der Waals surface area contributed by atoms with Gasteiger partial charge < -0.3 is 0 Å². The first-order chi connectivity index (χ1) is 11.3. The van der Waals surface area contributed by atoms with Crippen LogP contribution >= 0.6 is 11.3 Å². The molecule has 0 aliphatic carbocycles. The Morgan fingerprint density at radius 3 is 2.38 bits per heavy atom. The van der Waals surface area contributed by atoms with E-state index in [1.807, 2.05) is 17.5 Å². The molecular formula is C17H14F3NO2S. The Bertz CT molecular complexity index is 737. The van der Waals surface area contributed by atoms with Crippen molar-refractivity contribution in [2.75, 3.05) is 0 Å². The molecule has 0 spiro atoms. The second-order valence-electron chi connectivity index (χ2n) is 5.69. The van der Waals surface area contributed by atoms with E-state index in [1.54, 1.807) is 0 Å². The third kappa shape index (κ3) is 3.51. The number of halogens is 3. The van der Waals surface area contributed by atoms with Crippen molar-refractivity contribution in [1.29, 1.82) is 0 Å². The van der Waals surface area contributed by atoms with Gasteiger partial charge in [0, 0.05) is 23.6 Å². The number of amides is 2. The summed E-state index contributed by atoms with van der Waals surface area (Å²) in [4.78, 5) is 26.6. The summed E-state index contributed by atoms with van der Waals surface area (Å²) in [6.45, 7) is -0.126. The van der Waals surface area contributed by atoms with Crippen LogP contribution in [0.5, 0.6) is 0 Å². The number of alkyl halides is 3. The predicted molar refractivity (Wildman–Crippen MR) is 83.3 cm³/mol. The molecule has 3 rings (SSSR count). The van der Waals surface area contributed by atoms with Gasteiger partial charge in [0.2, 0.25) is 11.8 Å². The van der Waals surface area contributed by atoms with Crippen LogP contribution in [0.3, 0.4) is 0 Å². The number of likely N-dealkylation sites (tertiary alicyclic amines) is 1. The van der Waals surface area contributed by atoms with Gasteiger partial charge in [-0.25, -0.2) is 0 Å². The minimum atomic E-state index is -4.45. The van der Waals surface area contributed by atoms with E-state index < -0.39 is 11.7 Å². The summed E-state index contributed by atoms with van der Waals surface area (Å²) in [5, 5.41) is 1.89. The van der Waals surface area contributed by atoms with Gasteiger partial charge in [0.25, 0.3) is 0 Å². The van der Waals surface area contributed by atoms with E-state index in [0.717, 1.165) is 21.9 Å². The summed E-state index contributed by atoms with van der Waals surface area (Å²) in [5.41, 5.74) is -0.491. The molecule has 0 atom stereocenters. The highest BCUT2D eigenvalue weighted by Crippen LogP contribution is 2.34. The number of nitrogens with zero attached hydrogens (tertiary/aromatic N) is 1. The topological polar surface area (TPSA) is 37.4 Å². The number of carbonyl (C=O) groups is 2. The van der Waals surface area contributed by atoms with Gasteiger partial charge in [-0.3, -0.25) is 14.5 Å². The first-order valence-electron chi connectivity index (χ1n) is 7.37. The Kier molecular flexibility index (Phi) is 4.45. The highest BCUT2D eigenvalue weighted by Gasteiger charge is 2.34. The minimum Gasteiger partial charge on any atom is -0.278 e. The molecular weight excluding hydrogens is 339 g/mol. The number of benzene rings is 1. The lowest BCUT2D eigenvalue weighted by atomic mass is 9.93. The number of rotatable bonds is 3. The van der Waals surface area contributed by atoms with Crippen LogP contribution in [0, 0.1) is 0 Å². The molecule has 0 saturated carbocycles. The summed E-state index contributed by atoms with van der Waals surface area (Å²) in [6, 6.07) is 8.47. The molecule has 24 heavy (non-hydrogen) atoms. The first-order valence-corrected chi connectivity index (χ1v) is 8.25. The van der Waals surface area contributed by atoms with Gasteiger partial charge in [0.05, 0.1) is 12.1 Å². The fraction of sp³-hybridized carbons (Fsp3) is 0.294. The average molecular weight is 353 g/mol. The summed E-state index contributed by atoms with van der Waals surface area (Å²) < 4.78 is 38.3. The molecule has 2 heterocycles. The van der Waals surface area contributed by atoms with E-state index >= 15 is 0 Å². The lowest BCUT2D eigenvalue weighted by Crippen LogP contribution is -2.41. The molecule has 0 unspecified atom stereocenters. The third-order valence-electron chi connectivity index (χ3n) is 3.98. The average Bonchev–Trinajstić information content (AvgIpc) is 3.04. The van der Waals surface area contributed by atoms with E-state index in [-0.39, 0.29) is 37.1 Å². The van der Waals surface area contributed by atoms with Crippen molar-refractivity contribution in [3.63, 3.8) is 0 Å². The highest BCUT2D eigenvalue weighted by atomic mass is 32.1. The minimum absolute atomic E-state index is 0.126. The van der Waals surface area contributed by atoms with Crippen molar-refractivity contribution >= 4 is 23.2 Å². The van der Waals surface area contributed by atoms with E-state index in [4.69, 9.17) is 0 Å².